The highest BCUT2D eigenvalue weighted by Crippen LogP contribution is 2.30. The Kier molecular flexibility index (Phi) is 3.75. The largest absolute Gasteiger partial charge is 0.478 e. The van der Waals surface area contributed by atoms with Gasteiger partial charge in [-0.3, -0.25) is 4.79 Å². The van der Waals surface area contributed by atoms with Crippen LogP contribution >= 0.6 is 11.3 Å². The van der Waals surface area contributed by atoms with Gasteiger partial charge in [-0.15, -0.1) is 11.3 Å². The first-order valence-corrected chi connectivity index (χ1v) is 7.71. The first-order valence-electron chi connectivity index (χ1n) is 6.90. The van der Waals surface area contributed by atoms with E-state index in [0.29, 0.717) is 5.69 Å². The predicted octanol–water partition coefficient (Wildman–Crippen LogP) is 3.58. The number of hydrogen-bond acceptors (Lipinski definition) is 3. The predicted molar refractivity (Wildman–Crippen MR) is 82.3 cm³/mol. The molecule has 1 amide bonds. The average molecular weight is 301 g/mol. The highest BCUT2D eigenvalue weighted by atomic mass is 32.1. The van der Waals surface area contributed by atoms with Crippen LogP contribution in [-0.4, -0.2) is 17.0 Å². The van der Waals surface area contributed by atoms with Crippen LogP contribution in [0.25, 0.3) is 0 Å². The number of rotatable bonds is 3. The molecule has 1 aliphatic carbocycles. The molecule has 1 heterocycles. The summed E-state index contributed by atoms with van der Waals surface area (Å²) in [7, 11) is 0. The molecule has 0 radical (unpaired) electrons. The molecule has 0 fully saturated rings. The van der Waals surface area contributed by atoms with E-state index in [4.69, 9.17) is 5.11 Å². The number of nitrogens with one attached hydrogen (secondary N) is 1. The van der Waals surface area contributed by atoms with Crippen LogP contribution in [0.3, 0.4) is 0 Å². The van der Waals surface area contributed by atoms with Crippen LogP contribution in [0.15, 0.2) is 30.3 Å². The van der Waals surface area contributed by atoms with Crippen molar-refractivity contribution in [3.8, 4) is 0 Å². The Balaban J connectivity index is 1.73. The number of thiophene rings is 1. The van der Waals surface area contributed by atoms with Gasteiger partial charge in [-0.25, -0.2) is 4.79 Å². The number of aryl methyl sites for hydroxylation is 2. The molecule has 108 valence electrons. The molecule has 0 spiro atoms. The van der Waals surface area contributed by atoms with Crippen molar-refractivity contribution in [3.05, 3.63) is 51.2 Å². The average Bonchev–Trinajstić information content (AvgIpc) is 2.92. The lowest BCUT2D eigenvalue weighted by Gasteiger charge is -2.08. The van der Waals surface area contributed by atoms with Gasteiger partial charge in [0.25, 0.3) is 5.91 Å². The van der Waals surface area contributed by atoms with Gasteiger partial charge in [0.05, 0.1) is 10.4 Å². The van der Waals surface area contributed by atoms with E-state index in [-0.39, 0.29) is 11.5 Å². The van der Waals surface area contributed by atoms with E-state index in [9.17, 15) is 9.59 Å². The lowest BCUT2D eigenvalue weighted by molar-refractivity contribution is 0.0696. The molecule has 0 unspecified atom stereocenters. The fourth-order valence-electron chi connectivity index (χ4n) is 2.49. The molecule has 1 aromatic heterocycles. The smallest absolute Gasteiger partial charge is 0.335 e. The molecule has 2 N–H and O–H groups in total. The van der Waals surface area contributed by atoms with Crippen LogP contribution in [0, 0.1) is 0 Å². The third kappa shape index (κ3) is 2.97. The first-order chi connectivity index (χ1) is 10.1. The number of hydrogen-bond donors (Lipinski definition) is 2. The van der Waals surface area contributed by atoms with Crippen LogP contribution in [0.2, 0.25) is 0 Å². The minimum atomic E-state index is -0.973. The number of carbonyl (C=O) groups is 2. The number of benzene rings is 1. The van der Waals surface area contributed by atoms with Crippen LogP contribution in [0.4, 0.5) is 5.69 Å². The van der Waals surface area contributed by atoms with E-state index < -0.39 is 5.97 Å². The molecular weight excluding hydrogens is 286 g/mol. The molecule has 5 heteroatoms. The molecule has 0 aliphatic heterocycles. The second kappa shape index (κ2) is 5.69. The summed E-state index contributed by atoms with van der Waals surface area (Å²) in [5.41, 5.74) is 2.12. The molecule has 21 heavy (non-hydrogen) atoms. The SMILES string of the molecule is O=C(O)c1ccc(NC(=O)c2cc3c(s2)CCCC3)cc1. The van der Waals surface area contributed by atoms with Crippen molar-refractivity contribution in [2.75, 3.05) is 5.32 Å². The summed E-state index contributed by atoms with van der Waals surface area (Å²) in [6.07, 6.45) is 4.53. The molecule has 0 atom stereocenters. The monoisotopic (exact) mass is 301 g/mol. The zero-order valence-corrected chi connectivity index (χ0v) is 12.2. The maximum atomic E-state index is 12.2. The van der Waals surface area contributed by atoms with Crippen LogP contribution < -0.4 is 5.32 Å². The maximum Gasteiger partial charge on any atom is 0.335 e. The number of amides is 1. The number of anilines is 1. The Bertz CT molecular complexity index is 665. The van der Waals surface area contributed by atoms with E-state index in [0.717, 1.165) is 17.7 Å². The summed E-state index contributed by atoms with van der Waals surface area (Å²) in [5, 5.41) is 11.7. The molecule has 4 nitrogen and oxygen atoms in total. The van der Waals surface area contributed by atoms with Crippen molar-refractivity contribution in [2.45, 2.75) is 25.7 Å². The third-order valence-corrected chi connectivity index (χ3v) is 4.85. The summed E-state index contributed by atoms with van der Waals surface area (Å²) in [5.74, 6) is -1.10. The summed E-state index contributed by atoms with van der Waals surface area (Å²) in [4.78, 5) is 25.1. The van der Waals surface area contributed by atoms with Gasteiger partial charge >= 0.3 is 5.97 Å². The van der Waals surface area contributed by atoms with Crippen molar-refractivity contribution in [3.63, 3.8) is 0 Å². The van der Waals surface area contributed by atoms with Crippen molar-refractivity contribution in [2.24, 2.45) is 0 Å². The standard InChI is InChI=1S/C16H15NO3S/c18-15(14-9-11-3-1-2-4-13(11)21-14)17-12-7-5-10(6-8-12)16(19)20/h5-9H,1-4H2,(H,17,18)(H,19,20). The summed E-state index contributed by atoms with van der Waals surface area (Å²) in [6, 6.07) is 8.17. The Hall–Kier alpha value is -2.14. The zero-order chi connectivity index (χ0) is 14.8. The van der Waals surface area contributed by atoms with Crippen molar-refractivity contribution < 1.29 is 14.7 Å². The second-order valence-electron chi connectivity index (χ2n) is 5.10. The third-order valence-electron chi connectivity index (χ3n) is 3.61. The lowest BCUT2D eigenvalue weighted by atomic mass is 9.99. The van der Waals surface area contributed by atoms with Gasteiger partial charge in [0.2, 0.25) is 0 Å². The highest BCUT2D eigenvalue weighted by Gasteiger charge is 2.17. The second-order valence-corrected chi connectivity index (χ2v) is 6.24. The van der Waals surface area contributed by atoms with Crippen molar-refractivity contribution >= 4 is 28.9 Å². The summed E-state index contributed by atoms with van der Waals surface area (Å²) < 4.78 is 0. The van der Waals surface area contributed by atoms with Crippen molar-refractivity contribution in [1.29, 1.82) is 0 Å². The Morgan fingerprint density at radius 2 is 1.81 bits per heavy atom. The van der Waals surface area contributed by atoms with E-state index in [2.05, 4.69) is 5.32 Å². The Labute approximate surface area is 126 Å². The molecule has 1 aromatic carbocycles. The number of aromatic carboxylic acids is 1. The van der Waals surface area contributed by atoms with Gasteiger partial charge in [0.1, 0.15) is 0 Å². The number of carbonyl (C=O) groups excluding carboxylic acids is 1. The quantitative estimate of drug-likeness (QED) is 0.910. The highest BCUT2D eigenvalue weighted by molar-refractivity contribution is 7.14. The van der Waals surface area contributed by atoms with Crippen LogP contribution in [0.5, 0.6) is 0 Å². The number of carboxylic acids is 1. The van der Waals surface area contributed by atoms with Gasteiger partial charge < -0.3 is 10.4 Å². The van der Waals surface area contributed by atoms with Gasteiger partial charge in [-0.2, -0.15) is 0 Å². The first kappa shape index (κ1) is 13.8. The number of carboxylic acid groups (broad SMARTS) is 1. The Morgan fingerprint density at radius 1 is 1.10 bits per heavy atom. The van der Waals surface area contributed by atoms with Gasteiger partial charge in [0.15, 0.2) is 0 Å². The lowest BCUT2D eigenvalue weighted by Crippen LogP contribution is -2.10. The minimum Gasteiger partial charge on any atom is -0.478 e. The van der Waals surface area contributed by atoms with Gasteiger partial charge in [-0.1, -0.05) is 0 Å². The van der Waals surface area contributed by atoms with Crippen molar-refractivity contribution in [1.82, 2.24) is 0 Å². The topological polar surface area (TPSA) is 66.4 Å². The van der Waals surface area contributed by atoms with E-state index in [1.54, 1.807) is 23.5 Å². The van der Waals surface area contributed by atoms with E-state index in [1.165, 1.54) is 35.4 Å². The Morgan fingerprint density at radius 3 is 2.48 bits per heavy atom. The molecule has 0 saturated heterocycles. The van der Waals surface area contributed by atoms with Gasteiger partial charge in [0, 0.05) is 10.6 Å². The molecule has 0 saturated carbocycles. The van der Waals surface area contributed by atoms with Gasteiger partial charge in [-0.05, 0) is 61.6 Å². The van der Waals surface area contributed by atoms with E-state index in [1.807, 2.05) is 6.07 Å². The summed E-state index contributed by atoms with van der Waals surface area (Å²) >= 11 is 1.56. The molecule has 1 aliphatic rings. The number of fused-ring (bicyclic) bond motifs is 1. The van der Waals surface area contributed by atoms with Crippen LogP contribution in [0.1, 0.15) is 43.3 Å². The fourth-order valence-corrected chi connectivity index (χ4v) is 3.64. The molecule has 0 bridgehead atoms. The summed E-state index contributed by atoms with van der Waals surface area (Å²) in [6.45, 7) is 0. The van der Waals surface area contributed by atoms with Crippen LogP contribution in [-0.2, 0) is 12.8 Å². The molecule has 2 aromatic rings. The fraction of sp³-hybridized carbons (Fsp3) is 0.250. The zero-order valence-electron chi connectivity index (χ0n) is 11.4. The van der Waals surface area contributed by atoms with E-state index >= 15 is 0 Å². The molecule has 3 rings (SSSR count). The maximum absolute atomic E-state index is 12.2. The molecular formula is C16H15NO3S. The minimum absolute atomic E-state index is 0.127. The normalized spacial score (nSPS) is 13.5.